The maximum absolute atomic E-state index is 10.5. The standard InChI is InChI=1S/C20H34N4O2.HI/c1-5-21-20(22-12-16-9-10-24(4)14-16)23-13-19(25)17-7-6-8-18(11-17)26-15(2)3;/h6-8,11,15-16,19,25H,5,9-10,12-14H2,1-4H3,(H2,21,22,23);1H. The van der Waals surface area contributed by atoms with Gasteiger partial charge in [0, 0.05) is 19.6 Å². The Morgan fingerprint density at radius 1 is 1.37 bits per heavy atom. The monoisotopic (exact) mass is 490 g/mol. The molecule has 6 nitrogen and oxygen atoms in total. The van der Waals surface area contributed by atoms with Gasteiger partial charge in [0.2, 0.25) is 0 Å². The molecule has 1 aromatic rings. The highest BCUT2D eigenvalue weighted by Crippen LogP contribution is 2.20. The van der Waals surface area contributed by atoms with Crippen LogP contribution in [0.15, 0.2) is 29.3 Å². The van der Waals surface area contributed by atoms with Gasteiger partial charge in [-0.3, -0.25) is 4.99 Å². The number of nitrogens with one attached hydrogen (secondary N) is 2. The second kappa shape index (κ2) is 12.4. The molecule has 3 N–H and O–H groups in total. The summed E-state index contributed by atoms with van der Waals surface area (Å²) in [7, 11) is 2.16. The van der Waals surface area contributed by atoms with Crippen molar-refractivity contribution >= 4 is 29.9 Å². The van der Waals surface area contributed by atoms with Crippen molar-refractivity contribution in [2.75, 3.05) is 39.8 Å². The minimum atomic E-state index is -0.654. The number of likely N-dealkylation sites (tertiary alicyclic amines) is 1. The first kappa shape index (κ1) is 24.0. The van der Waals surface area contributed by atoms with E-state index in [2.05, 4.69) is 27.6 Å². The molecule has 154 valence electrons. The molecule has 2 atom stereocenters. The molecule has 27 heavy (non-hydrogen) atoms. The predicted molar refractivity (Wildman–Crippen MR) is 122 cm³/mol. The van der Waals surface area contributed by atoms with E-state index in [9.17, 15) is 5.11 Å². The molecular formula is C20H35IN4O2. The van der Waals surface area contributed by atoms with Gasteiger partial charge in [-0.25, -0.2) is 0 Å². The highest BCUT2D eigenvalue weighted by molar-refractivity contribution is 14.0. The maximum Gasteiger partial charge on any atom is 0.191 e. The molecule has 1 heterocycles. The topological polar surface area (TPSA) is 69.1 Å². The normalized spacial score (nSPS) is 18.9. The van der Waals surface area contributed by atoms with Crippen LogP contribution < -0.4 is 15.4 Å². The average Bonchev–Trinajstić information content (AvgIpc) is 3.02. The summed E-state index contributed by atoms with van der Waals surface area (Å²) in [4.78, 5) is 6.90. The molecule has 0 amide bonds. The highest BCUT2D eigenvalue weighted by Gasteiger charge is 2.19. The fraction of sp³-hybridized carbons (Fsp3) is 0.650. The van der Waals surface area contributed by atoms with Crippen LogP contribution in [0.4, 0.5) is 0 Å². The van der Waals surface area contributed by atoms with Crippen LogP contribution in [0.1, 0.15) is 38.9 Å². The van der Waals surface area contributed by atoms with Gasteiger partial charge in [0.05, 0.1) is 18.8 Å². The second-order valence-corrected chi connectivity index (χ2v) is 7.27. The van der Waals surface area contributed by atoms with E-state index in [-0.39, 0.29) is 30.1 Å². The van der Waals surface area contributed by atoms with Crippen LogP contribution >= 0.6 is 24.0 Å². The van der Waals surface area contributed by atoms with Crippen molar-refractivity contribution in [3.63, 3.8) is 0 Å². The van der Waals surface area contributed by atoms with Crippen LogP contribution in [-0.2, 0) is 0 Å². The first-order valence-corrected chi connectivity index (χ1v) is 9.63. The molecular weight excluding hydrogens is 455 g/mol. The zero-order valence-electron chi connectivity index (χ0n) is 16.9. The number of aliphatic imine (C=N–C) groups is 1. The number of halogens is 1. The van der Waals surface area contributed by atoms with E-state index in [1.807, 2.05) is 45.0 Å². The number of benzene rings is 1. The van der Waals surface area contributed by atoms with Crippen molar-refractivity contribution in [3.05, 3.63) is 29.8 Å². The molecule has 0 spiro atoms. The number of hydrogen-bond donors (Lipinski definition) is 3. The van der Waals surface area contributed by atoms with E-state index < -0.39 is 6.10 Å². The third-order valence-electron chi connectivity index (χ3n) is 4.43. The molecule has 0 radical (unpaired) electrons. The molecule has 0 aromatic heterocycles. The largest absolute Gasteiger partial charge is 0.491 e. The number of aliphatic hydroxyl groups is 1. The number of rotatable bonds is 8. The first-order valence-electron chi connectivity index (χ1n) is 9.63. The van der Waals surface area contributed by atoms with Gasteiger partial charge in [0.15, 0.2) is 5.96 Å². The molecule has 1 aliphatic rings. The van der Waals surface area contributed by atoms with Gasteiger partial charge >= 0.3 is 0 Å². The molecule has 0 bridgehead atoms. The predicted octanol–water partition coefficient (Wildman–Crippen LogP) is 2.63. The van der Waals surface area contributed by atoms with E-state index in [4.69, 9.17) is 4.74 Å². The zero-order valence-corrected chi connectivity index (χ0v) is 19.3. The van der Waals surface area contributed by atoms with Crippen molar-refractivity contribution < 1.29 is 9.84 Å². The molecule has 1 saturated heterocycles. The smallest absolute Gasteiger partial charge is 0.191 e. The lowest BCUT2D eigenvalue weighted by Crippen LogP contribution is -2.40. The Labute approximate surface area is 180 Å². The van der Waals surface area contributed by atoms with Gasteiger partial charge in [0.1, 0.15) is 5.75 Å². The third-order valence-corrected chi connectivity index (χ3v) is 4.43. The summed E-state index contributed by atoms with van der Waals surface area (Å²) >= 11 is 0. The molecule has 1 fully saturated rings. The van der Waals surface area contributed by atoms with Crippen LogP contribution in [0.25, 0.3) is 0 Å². The summed E-state index contributed by atoms with van der Waals surface area (Å²) in [5.74, 6) is 2.19. The first-order chi connectivity index (χ1) is 12.5. The van der Waals surface area contributed by atoms with Crippen LogP contribution in [0.5, 0.6) is 5.75 Å². The van der Waals surface area contributed by atoms with Gasteiger partial charge in [-0.1, -0.05) is 12.1 Å². The highest BCUT2D eigenvalue weighted by atomic mass is 127. The van der Waals surface area contributed by atoms with Crippen molar-refractivity contribution in [3.8, 4) is 5.75 Å². The number of nitrogens with zero attached hydrogens (tertiary/aromatic N) is 2. The van der Waals surface area contributed by atoms with E-state index in [1.165, 1.54) is 6.42 Å². The van der Waals surface area contributed by atoms with E-state index >= 15 is 0 Å². The van der Waals surface area contributed by atoms with Crippen LogP contribution in [0.3, 0.4) is 0 Å². The maximum atomic E-state index is 10.5. The zero-order chi connectivity index (χ0) is 18.9. The van der Waals surface area contributed by atoms with Crippen molar-refractivity contribution in [2.24, 2.45) is 10.9 Å². The summed E-state index contributed by atoms with van der Waals surface area (Å²) in [6, 6.07) is 7.60. The van der Waals surface area contributed by atoms with Crippen molar-refractivity contribution in [1.29, 1.82) is 0 Å². The Kier molecular flexibility index (Phi) is 11.0. The second-order valence-electron chi connectivity index (χ2n) is 7.27. The molecule has 2 rings (SSSR count). The third kappa shape index (κ3) is 8.66. The lowest BCUT2D eigenvalue weighted by Gasteiger charge is -2.17. The summed E-state index contributed by atoms with van der Waals surface area (Å²) in [6.45, 7) is 10.3. The van der Waals surface area contributed by atoms with Gasteiger partial charge in [-0.2, -0.15) is 0 Å². The SMILES string of the molecule is CCNC(=NCC(O)c1cccc(OC(C)C)c1)NCC1CCN(C)C1.I. The Balaban J connectivity index is 0.00000364. The Morgan fingerprint density at radius 2 is 2.15 bits per heavy atom. The minimum absolute atomic E-state index is 0. The van der Waals surface area contributed by atoms with Gasteiger partial charge in [-0.15, -0.1) is 24.0 Å². The van der Waals surface area contributed by atoms with E-state index in [1.54, 1.807) is 0 Å². The lowest BCUT2D eigenvalue weighted by molar-refractivity contribution is 0.185. The number of ether oxygens (including phenoxy) is 1. The number of hydrogen-bond acceptors (Lipinski definition) is 4. The Bertz CT molecular complexity index is 583. The van der Waals surface area contributed by atoms with E-state index in [0.717, 1.165) is 43.5 Å². The molecule has 7 heteroatoms. The van der Waals surface area contributed by atoms with Crippen LogP contribution in [-0.4, -0.2) is 61.8 Å². The van der Waals surface area contributed by atoms with Crippen LogP contribution in [0, 0.1) is 5.92 Å². The quantitative estimate of drug-likeness (QED) is 0.297. The minimum Gasteiger partial charge on any atom is -0.491 e. The van der Waals surface area contributed by atoms with Crippen LogP contribution in [0.2, 0.25) is 0 Å². The summed E-state index contributed by atoms with van der Waals surface area (Å²) < 4.78 is 5.70. The summed E-state index contributed by atoms with van der Waals surface area (Å²) in [6.07, 6.45) is 0.673. The molecule has 1 aromatic carbocycles. The van der Waals surface area contributed by atoms with Gasteiger partial charge in [-0.05, 0) is 64.4 Å². The fourth-order valence-electron chi connectivity index (χ4n) is 3.13. The summed E-state index contributed by atoms with van der Waals surface area (Å²) in [5, 5.41) is 17.1. The number of aliphatic hydroxyl groups excluding tert-OH is 1. The fourth-order valence-corrected chi connectivity index (χ4v) is 3.13. The van der Waals surface area contributed by atoms with Gasteiger partial charge < -0.3 is 25.4 Å². The van der Waals surface area contributed by atoms with Crippen molar-refractivity contribution in [2.45, 2.75) is 39.4 Å². The van der Waals surface area contributed by atoms with Crippen molar-refractivity contribution in [1.82, 2.24) is 15.5 Å². The lowest BCUT2D eigenvalue weighted by atomic mass is 10.1. The Hall–Kier alpha value is -1.06. The summed E-state index contributed by atoms with van der Waals surface area (Å²) in [5.41, 5.74) is 0.820. The number of guanidine groups is 1. The molecule has 2 unspecified atom stereocenters. The molecule has 0 saturated carbocycles. The molecule has 0 aliphatic carbocycles. The Morgan fingerprint density at radius 3 is 2.78 bits per heavy atom. The van der Waals surface area contributed by atoms with Gasteiger partial charge in [0.25, 0.3) is 0 Å². The molecule has 1 aliphatic heterocycles. The average molecular weight is 490 g/mol. The van der Waals surface area contributed by atoms with E-state index in [0.29, 0.717) is 12.5 Å².